The van der Waals surface area contributed by atoms with E-state index in [9.17, 15) is 0 Å². The van der Waals surface area contributed by atoms with Gasteiger partial charge in [0.1, 0.15) is 0 Å². The van der Waals surface area contributed by atoms with Crippen molar-refractivity contribution in [3.05, 3.63) is 42.5 Å². The Kier molecular flexibility index (Phi) is 12.9. The van der Waals surface area contributed by atoms with Crippen molar-refractivity contribution in [1.29, 1.82) is 0 Å². The molecule has 1 aromatic carbocycles. The molecule has 0 saturated heterocycles. The van der Waals surface area contributed by atoms with Crippen molar-refractivity contribution in [2.75, 3.05) is 0 Å². The van der Waals surface area contributed by atoms with Crippen molar-refractivity contribution < 1.29 is 55.7 Å². The summed E-state index contributed by atoms with van der Waals surface area (Å²) in [5.74, 6) is 0. The Balaban J connectivity index is -0.0000000427. The summed E-state index contributed by atoms with van der Waals surface area (Å²) in [5.41, 5.74) is 1.17. The summed E-state index contributed by atoms with van der Waals surface area (Å²) in [6.45, 7) is 3.63. The summed E-state index contributed by atoms with van der Waals surface area (Å²) in [4.78, 5) is 0. The molecular weight excluding hydrogens is 175 g/mol. The smallest absolute Gasteiger partial charge is 1.00 e. The van der Waals surface area contributed by atoms with Crippen LogP contribution in [0.2, 0.25) is 0 Å². The van der Waals surface area contributed by atoms with Crippen LogP contribution in [0.1, 0.15) is 9.84 Å². The molecule has 0 heterocycles. The summed E-state index contributed by atoms with van der Waals surface area (Å²) in [5, 5.41) is 0. The van der Waals surface area contributed by atoms with Crippen molar-refractivity contribution in [2.24, 2.45) is 0 Å². The van der Waals surface area contributed by atoms with Crippen LogP contribution >= 0.6 is 0 Å². The van der Waals surface area contributed by atoms with Crippen LogP contribution in [0, 0.1) is 0 Å². The van der Waals surface area contributed by atoms with Gasteiger partial charge in [-0.25, -0.2) is 0 Å². The van der Waals surface area contributed by atoms with Gasteiger partial charge in [-0.1, -0.05) is 43.0 Å². The Labute approximate surface area is 139 Å². The molecule has 0 spiro atoms. The zero-order valence-corrected chi connectivity index (χ0v) is 11.7. The van der Waals surface area contributed by atoms with E-state index in [1.165, 1.54) is 5.56 Å². The number of rotatable bonds is 1. The molecule has 1 rings (SSSR count). The molecule has 0 saturated carbocycles. The third kappa shape index (κ3) is 5.50. The molecule has 0 fully saturated rings. The zero-order valence-electron chi connectivity index (χ0n) is 9.38. The van der Waals surface area contributed by atoms with Crippen LogP contribution in [0.4, 0.5) is 0 Å². The molecule has 0 aromatic heterocycles. The minimum atomic E-state index is 0. The third-order valence-electron chi connectivity index (χ3n) is 1.04. The van der Waals surface area contributed by atoms with Gasteiger partial charge in [0.05, 0.1) is 0 Å². The van der Waals surface area contributed by atoms with E-state index in [1.807, 2.05) is 36.4 Å². The van der Waals surface area contributed by atoms with Crippen molar-refractivity contribution in [1.82, 2.24) is 0 Å². The van der Waals surface area contributed by atoms with E-state index >= 15 is 0 Å². The monoisotopic (exact) mass is 186 g/mol. The molecular formula is C8H11CaK. The molecule has 46 valence electrons. The first-order valence-corrected chi connectivity index (χ1v) is 2.61. The van der Waals surface area contributed by atoms with Crippen molar-refractivity contribution in [3.63, 3.8) is 0 Å². The zero-order chi connectivity index (χ0) is 5.82. The Morgan fingerprint density at radius 1 is 1.20 bits per heavy atom. The SMILES string of the molecule is C=Cc1ccccc1.[Ca+2].[H-].[H-].[H-].[K+]. The molecule has 10 heavy (non-hydrogen) atoms. The Morgan fingerprint density at radius 3 is 2.00 bits per heavy atom. The molecule has 0 bridgehead atoms. The fourth-order valence-electron chi connectivity index (χ4n) is 0.589. The summed E-state index contributed by atoms with van der Waals surface area (Å²) in [6, 6.07) is 10.0. The number of benzene rings is 1. The predicted molar refractivity (Wildman–Crippen MR) is 45.6 cm³/mol. The van der Waals surface area contributed by atoms with Crippen LogP contribution in [0.3, 0.4) is 0 Å². The maximum Gasteiger partial charge on any atom is 2.00 e. The summed E-state index contributed by atoms with van der Waals surface area (Å²) in [6.07, 6.45) is 1.83. The molecule has 0 aliphatic heterocycles. The molecule has 0 aliphatic rings. The molecule has 0 unspecified atom stereocenters. The van der Waals surface area contributed by atoms with Gasteiger partial charge in [0.25, 0.3) is 0 Å². The van der Waals surface area contributed by atoms with Gasteiger partial charge in [-0.05, 0) is 5.56 Å². The maximum absolute atomic E-state index is 3.63. The van der Waals surface area contributed by atoms with Crippen LogP contribution in [-0.2, 0) is 0 Å². The van der Waals surface area contributed by atoms with Crippen LogP contribution < -0.4 is 51.4 Å². The second-order valence-electron chi connectivity index (χ2n) is 1.61. The maximum atomic E-state index is 3.63. The van der Waals surface area contributed by atoms with E-state index in [0.717, 1.165) is 0 Å². The van der Waals surface area contributed by atoms with Gasteiger partial charge in [0, 0.05) is 0 Å². The fraction of sp³-hybridized carbons (Fsp3) is 0. The van der Waals surface area contributed by atoms with Crippen LogP contribution in [-0.4, -0.2) is 37.7 Å². The van der Waals surface area contributed by atoms with E-state index in [0.29, 0.717) is 0 Å². The van der Waals surface area contributed by atoms with Gasteiger partial charge >= 0.3 is 89.1 Å². The van der Waals surface area contributed by atoms with Gasteiger partial charge < -0.3 is 4.28 Å². The average Bonchev–Trinajstić information content (AvgIpc) is 1.90. The molecule has 0 nitrogen and oxygen atoms in total. The third-order valence-corrected chi connectivity index (χ3v) is 1.04. The first-order valence-electron chi connectivity index (χ1n) is 2.61. The Bertz CT molecular complexity index is 182. The minimum absolute atomic E-state index is 0. The first kappa shape index (κ1) is 14.4. The van der Waals surface area contributed by atoms with Crippen LogP contribution in [0.15, 0.2) is 36.9 Å². The van der Waals surface area contributed by atoms with Crippen molar-refractivity contribution in [2.45, 2.75) is 0 Å². The van der Waals surface area contributed by atoms with E-state index in [4.69, 9.17) is 0 Å². The van der Waals surface area contributed by atoms with Gasteiger partial charge in [-0.2, -0.15) is 0 Å². The van der Waals surface area contributed by atoms with Crippen molar-refractivity contribution >= 4 is 43.8 Å². The average molecular weight is 186 g/mol. The number of hydrogen-bond acceptors (Lipinski definition) is 0. The molecule has 0 N–H and O–H groups in total. The fourth-order valence-corrected chi connectivity index (χ4v) is 0.589. The quantitative estimate of drug-likeness (QED) is 0.508. The summed E-state index contributed by atoms with van der Waals surface area (Å²) in [7, 11) is 0. The molecule has 0 aliphatic carbocycles. The normalized spacial score (nSPS) is 6.80. The number of hydrogen-bond donors (Lipinski definition) is 0. The second kappa shape index (κ2) is 8.95. The van der Waals surface area contributed by atoms with Gasteiger partial charge in [-0.15, -0.1) is 0 Å². The van der Waals surface area contributed by atoms with E-state index in [1.54, 1.807) is 0 Å². The topological polar surface area (TPSA) is 0 Å². The van der Waals surface area contributed by atoms with E-state index in [2.05, 4.69) is 6.58 Å². The van der Waals surface area contributed by atoms with Crippen molar-refractivity contribution in [3.8, 4) is 0 Å². The Morgan fingerprint density at radius 2 is 1.70 bits per heavy atom. The van der Waals surface area contributed by atoms with Gasteiger partial charge in [0.15, 0.2) is 0 Å². The largest absolute Gasteiger partial charge is 2.00 e. The minimum Gasteiger partial charge on any atom is -1.00 e. The molecule has 0 radical (unpaired) electrons. The van der Waals surface area contributed by atoms with Gasteiger partial charge in [-0.3, -0.25) is 0 Å². The van der Waals surface area contributed by atoms with E-state index < -0.39 is 0 Å². The van der Waals surface area contributed by atoms with Gasteiger partial charge in [0.2, 0.25) is 0 Å². The standard InChI is InChI=1S/C8H8.Ca.K.3H/c1-2-8-6-4-3-5-7-8;;;;;/h2-7H,1H2;;;;;/q;+2;+1;3*-1. The molecule has 1 aromatic rings. The first-order chi connectivity index (χ1) is 3.93. The predicted octanol–water partition coefficient (Wildman–Crippen LogP) is -0.710. The summed E-state index contributed by atoms with van der Waals surface area (Å²) < 4.78 is 0. The van der Waals surface area contributed by atoms with E-state index in [-0.39, 0.29) is 93.4 Å². The molecule has 0 atom stereocenters. The van der Waals surface area contributed by atoms with Crippen LogP contribution in [0.25, 0.3) is 6.08 Å². The Hall–Kier alpha value is 1.86. The van der Waals surface area contributed by atoms with Crippen LogP contribution in [0.5, 0.6) is 0 Å². The molecule has 2 heteroatoms. The molecule has 0 amide bonds. The second-order valence-corrected chi connectivity index (χ2v) is 1.61. The summed E-state index contributed by atoms with van der Waals surface area (Å²) >= 11 is 0.